The Labute approximate surface area is 116 Å². The summed E-state index contributed by atoms with van der Waals surface area (Å²) in [5.41, 5.74) is 1.09. The zero-order valence-corrected chi connectivity index (χ0v) is 11.3. The van der Waals surface area contributed by atoms with Gasteiger partial charge in [0.2, 0.25) is 5.95 Å². The van der Waals surface area contributed by atoms with Gasteiger partial charge >= 0.3 is 0 Å². The molecule has 0 bridgehead atoms. The third kappa shape index (κ3) is 3.12. The summed E-state index contributed by atoms with van der Waals surface area (Å²) < 4.78 is 18.2. The molecule has 0 aliphatic carbocycles. The lowest BCUT2D eigenvalue weighted by molar-refractivity contribution is 0.0939. The molecule has 1 N–H and O–H groups in total. The van der Waals surface area contributed by atoms with E-state index in [0.717, 1.165) is 11.6 Å². The summed E-state index contributed by atoms with van der Waals surface area (Å²) in [6.07, 6.45) is 1.26. The van der Waals surface area contributed by atoms with Crippen molar-refractivity contribution in [3.05, 3.63) is 59.7 Å². The third-order valence-electron chi connectivity index (χ3n) is 2.94. The SMILES string of the molecule is COc1ccccc1C(C)NC(=O)c1ccnc(F)c1. The first-order valence-electron chi connectivity index (χ1n) is 6.17. The number of amides is 1. The zero-order chi connectivity index (χ0) is 14.5. The van der Waals surface area contributed by atoms with Crippen molar-refractivity contribution in [1.82, 2.24) is 10.3 Å². The molecule has 1 atom stereocenters. The molecule has 4 nitrogen and oxygen atoms in total. The van der Waals surface area contributed by atoms with Crippen LogP contribution in [0.3, 0.4) is 0 Å². The lowest BCUT2D eigenvalue weighted by atomic mass is 10.1. The van der Waals surface area contributed by atoms with Crippen LogP contribution in [0.15, 0.2) is 42.6 Å². The molecule has 0 saturated carbocycles. The number of rotatable bonds is 4. The quantitative estimate of drug-likeness (QED) is 0.872. The molecule has 0 aliphatic rings. The average Bonchev–Trinajstić information content (AvgIpc) is 2.47. The number of carbonyl (C=O) groups excluding carboxylic acids is 1. The van der Waals surface area contributed by atoms with Gasteiger partial charge in [-0.15, -0.1) is 0 Å². The van der Waals surface area contributed by atoms with Crippen LogP contribution in [0.1, 0.15) is 28.9 Å². The summed E-state index contributed by atoms with van der Waals surface area (Å²) in [6, 6.07) is 9.73. The van der Waals surface area contributed by atoms with Gasteiger partial charge in [0.25, 0.3) is 5.91 Å². The Kier molecular flexibility index (Phi) is 4.30. The normalized spacial score (nSPS) is 11.8. The maximum absolute atomic E-state index is 13.0. The number of pyridine rings is 1. The van der Waals surface area contributed by atoms with E-state index in [9.17, 15) is 9.18 Å². The van der Waals surface area contributed by atoms with Crippen LogP contribution in [0.4, 0.5) is 4.39 Å². The van der Waals surface area contributed by atoms with E-state index in [1.54, 1.807) is 7.11 Å². The van der Waals surface area contributed by atoms with Crippen LogP contribution >= 0.6 is 0 Å². The number of benzene rings is 1. The Morgan fingerprint density at radius 2 is 2.10 bits per heavy atom. The number of para-hydroxylation sites is 1. The number of aromatic nitrogens is 1. The highest BCUT2D eigenvalue weighted by atomic mass is 19.1. The molecule has 0 aliphatic heterocycles. The number of halogens is 1. The molecule has 1 amide bonds. The molecule has 1 aromatic heterocycles. The van der Waals surface area contributed by atoms with Gasteiger partial charge in [-0.1, -0.05) is 18.2 Å². The monoisotopic (exact) mass is 274 g/mol. The molecule has 0 spiro atoms. The number of hydrogen-bond acceptors (Lipinski definition) is 3. The number of ether oxygens (including phenoxy) is 1. The maximum Gasteiger partial charge on any atom is 0.251 e. The van der Waals surface area contributed by atoms with E-state index < -0.39 is 5.95 Å². The van der Waals surface area contributed by atoms with E-state index in [1.807, 2.05) is 31.2 Å². The van der Waals surface area contributed by atoms with Crippen LogP contribution in [0.2, 0.25) is 0 Å². The topological polar surface area (TPSA) is 51.2 Å². The second kappa shape index (κ2) is 6.14. The van der Waals surface area contributed by atoms with Crippen LogP contribution in [0, 0.1) is 5.95 Å². The largest absolute Gasteiger partial charge is 0.496 e. The molecule has 0 fully saturated rings. The third-order valence-corrected chi connectivity index (χ3v) is 2.94. The van der Waals surface area contributed by atoms with E-state index in [2.05, 4.69) is 10.3 Å². The van der Waals surface area contributed by atoms with Crippen molar-refractivity contribution in [3.8, 4) is 5.75 Å². The van der Waals surface area contributed by atoms with Gasteiger partial charge in [-0.25, -0.2) is 4.98 Å². The van der Waals surface area contributed by atoms with Gasteiger partial charge in [0.05, 0.1) is 13.2 Å². The number of hydrogen-bond donors (Lipinski definition) is 1. The molecule has 1 aromatic carbocycles. The minimum absolute atomic E-state index is 0.235. The van der Waals surface area contributed by atoms with E-state index in [1.165, 1.54) is 12.3 Å². The van der Waals surface area contributed by atoms with E-state index in [0.29, 0.717) is 5.75 Å². The second-order valence-corrected chi connectivity index (χ2v) is 4.30. The number of carbonyl (C=O) groups is 1. The van der Waals surface area contributed by atoms with Gasteiger partial charge in [-0.2, -0.15) is 4.39 Å². The number of methoxy groups -OCH3 is 1. The van der Waals surface area contributed by atoms with Crippen molar-refractivity contribution < 1.29 is 13.9 Å². The zero-order valence-electron chi connectivity index (χ0n) is 11.3. The minimum atomic E-state index is -0.678. The van der Waals surface area contributed by atoms with Crippen molar-refractivity contribution in [3.63, 3.8) is 0 Å². The summed E-state index contributed by atoms with van der Waals surface area (Å²) in [7, 11) is 1.58. The van der Waals surface area contributed by atoms with Crippen LogP contribution < -0.4 is 10.1 Å². The predicted molar refractivity (Wildman–Crippen MR) is 73.1 cm³/mol. The maximum atomic E-state index is 13.0. The summed E-state index contributed by atoms with van der Waals surface area (Å²) in [6.45, 7) is 1.84. The Morgan fingerprint density at radius 3 is 2.80 bits per heavy atom. The predicted octanol–water partition coefficient (Wildman–Crippen LogP) is 2.72. The van der Waals surface area contributed by atoms with Crippen molar-refractivity contribution >= 4 is 5.91 Å². The second-order valence-electron chi connectivity index (χ2n) is 4.30. The Hall–Kier alpha value is -2.43. The molecule has 1 unspecified atom stereocenters. The fourth-order valence-corrected chi connectivity index (χ4v) is 1.93. The molecular formula is C15H15FN2O2. The fourth-order valence-electron chi connectivity index (χ4n) is 1.93. The van der Waals surface area contributed by atoms with E-state index in [-0.39, 0.29) is 17.5 Å². The van der Waals surface area contributed by atoms with Gasteiger partial charge in [-0.05, 0) is 19.1 Å². The Bertz CT molecular complexity index is 616. The first kappa shape index (κ1) is 14.0. The lowest BCUT2D eigenvalue weighted by Crippen LogP contribution is -2.27. The Morgan fingerprint density at radius 1 is 1.35 bits per heavy atom. The van der Waals surface area contributed by atoms with Gasteiger partial charge in [0, 0.05) is 23.4 Å². The molecule has 1 heterocycles. The molecule has 0 saturated heterocycles. The molecule has 104 valence electrons. The summed E-state index contributed by atoms with van der Waals surface area (Å²) in [5, 5.41) is 2.80. The van der Waals surface area contributed by atoms with Crippen molar-refractivity contribution in [2.75, 3.05) is 7.11 Å². The first-order valence-corrected chi connectivity index (χ1v) is 6.17. The molecule has 20 heavy (non-hydrogen) atoms. The fraction of sp³-hybridized carbons (Fsp3) is 0.200. The van der Waals surface area contributed by atoms with Crippen molar-refractivity contribution in [1.29, 1.82) is 0 Å². The van der Waals surface area contributed by atoms with Gasteiger partial charge in [-0.3, -0.25) is 4.79 Å². The van der Waals surface area contributed by atoms with Crippen molar-refractivity contribution in [2.45, 2.75) is 13.0 Å². The number of nitrogens with zero attached hydrogens (tertiary/aromatic N) is 1. The van der Waals surface area contributed by atoms with Crippen molar-refractivity contribution in [2.24, 2.45) is 0 Å². The number of nitrogens with one attached hydrogen (secondary N) is 1. The first-order chi connectivity index (χ1) is 9.61. The molecule has 2 rings (SSSR count). The molecule has 5 heteroatoms. The van der Waals surface area contributed by atoms with E-state index >= 15 is 0 Å². The Balaban J connectivity index is 2.15. The van der Waals surface area contributed by atoms with Gasteiger partial charge in [0.15, 0.2) is 0 Å². The highest BCUT2D eigenvalue weighted by Crippen LogP contribution is 2.24. The van der Waals surface area contributed by atoms with Crippen LogP contribution in [0.5, 0.6) is 5.75 Å². The van der Waals surface area contributed by atoms with Crippen LogP contribution in [-0.4, -0.2) is 18.0 Å². The molecule has 2 aromatic rings. The standard InChI is InChI=1S/C15H15FN2O2/c1-10(12-5-3-4-6-13(12)20-2)18-15(19)11-7-8-17-14(16)9-11/h3-10H,1-2H3,(H,18,19). The summed E-state index contributed by atoms with van der Waals surface area (Å²) in [5.74, 6) is -0.339. The van der Waals surface area contributed by atoms with Crippen LogP contribution in [-0.2, 0) is 0 Å². The molecular weight excluding hydrogens is 259 g/mol. The smallest absolute Gasteiger partial charge is 0.251 e. The van der Waals surface area contributed by atoms with Gasteiger partial charge in [0.1, 0.15) is 5.75 Å². The summed E-state index contributed by atoms with van der Waals surface area (Å²) >= 11 is 0. The van der Waals surface area contributed by atoms with Gasteiger partial charge < -0.3 is 10.1 Å². The van der Waals surface area contributed by atoms with Crippen LogP contribution in [0.25, 0.3) is 0 Å². The highest BCUT2D eigenvalue weighted by Gasteiger charge is 2.15. The molecule has 0 radical (unpaired) electrons. The minimum Gasteiger partial charge on any atom is -0.496 e. The highest BCUT2D eigenvalue weighted by molar-refractivity contribution is 5.94. The van der Waals surface area contributed by atoms with E-state index in [4.69, 9.17) is 4.74 Å². The lowest BCUT2D eigenvalue weighted by Gasteiger charge is -2.17. The average molecular weight is 274 g/mol. The summed E-state index contributed by atoms with van der Waals surface area (Å²) in [4.78, 5) is 15.5.